The normalized spacial score (nSPS) is 17.0. The maximum absolute atomic E-state index is 15.0. The van der Waals surface area contributed by atoms with Crippen LogP contribution in [0.5, 0.6) is 5.75 Å². The number of hydrogen-bond acceptors (Lipinski definition) is 1. The lowest BCUT2D eigenvalue weighted by Gasteiger charge is -2.29. The molecular formula is C38H34F8O. The van der Waals surface area contributed by atoms with E-state index in [1.807, 2.05) is 24.3 Å². The third kappa shape index (κ3) is 8.42. The Kier molecular flexibility index (Phi) is 10.7. The fourth-order valence-electron chi connectivity index (χ4n) is 6.20. The van der Waals surface area contributed by atoms with Gasteiger partial charge < -0.3 is 4.74 Å². The highest BCUT2D eigenvalue weighted by Gasteiger charge is 2.29. The van der Waals surface area contributed by atoms with Crippen molar-refractivity contribution < 1.29 is 39.9 Å². The molecule has 4 aromatic rings. The lowest BCUT2D eigenvalue weighted by molar-refractivity contribution is -0.131. The fourth-order valence-corrected chi connectivity index (χ4v) is 6.20. The van der Waals surface area contributed by atoms with E-state index in [2.05, 4.69) is 11.7 Å². The SMILES string of the molecule is CCCCCC1CCC(c2ccc(-c3cc(F)c(C=CC(F)(F)Oc4ccc(-c5cc(F)c(F)c(F)c5)c(F)c4)c(F)c3)cc2)CC1. The second-order valence-electron chi connectivity index (χ2n) is 12.1. The standard InChI is InChI=1S/C38H34F8O/c1-2-3-4-5-23-6-8-24(9-7-23)25-10-12-26(13-11-25)27-18-32(39)31(33(40)19-27)16-17-38(45,46)47-29-14-15-30(34(41)22-29)28-20-35(42)37(44)36(43)21-28/h10-24H,2-9H2,1H3. The van der Waals surface area contributed by atoms with E-state index >= 15 is 0 Å². The maximum atomic E-state index is 15.0. The molecule has 0 amide bonds. The molecule has 248 valence electrons. The Labute approximate surface area is 268 Å². The number of unbranched alkanes of at least 4 members (excludes halogenated alkanes) is 2. The smallest absolute Gasteiger partial charge is 0.419 e. The molecule has 1 saturated carbocycles. The summed E-state index contributed by atoms with van der Waals surface area (Å²) in [6.07, 6.45) is 6.25. The molecule has 0 unspecified atom stereocenters. The first-order chi connectivity index (χ1) is 22.4. The first-order valence-corrected chi connectivity index (χ1v) is 15.7. The predicted molar refractivity (Wildman–Crippen MR) is 167 cm³/mol. The van der Waals surface area contributed by atoms with Crippen molar-refractivity contribution in [2.45, 2.75) is 70.3 Å². The maximum Gasteiger partial charge on any atom is 0.419 e. The Morgan fingerprint density at radius 2 is 1.30 bits per heavy atom. The van der Waals surface area contributed by atoms with E-state index in [-0.39, 0.29) is 17.2 Å². The van der Waals surface area contributed by atoms with Gasteiger partial charge in [-0.15, -0.1) is 0 Å². The zero-order chi connectivity index (χ0) is 33.7. The molecule has 1 aliphatic carbocycles. The summed E-state index contributed by atoms with van der Waals surface area (Å²) >= 11 is 0. The summed E-state index contributed by atoms with van der Waals surface area (Å²) < 4.78 is 119. The molecule has 47 heavy (non-hydrogen) atoms. The summed E-state index contributed by atoms with van der Waals surface area (Å²) in [6, 6.07) is 13.2. The number of rotatable bonds is 11. The summed E-state index contributed by atoms with van der Waals surface area (Å²) in [7, 11) is 0. The molecule has 0 aromatic heterocycles. The summed E-state index contributed by atoms with van der Waals surface area (Å²) in [5, 5.41) is 0. The van der Waals surface area contributed by atoms with Gasteiger partial charge in [0.1, 0.15) is 23.2 Å². The first-order valence-electron chi connectivity index (χ1n) is 15.7. The van der Waals surface area contributed by atoms with Gasteiger partial charge in [-0.3, -0.25) is 0 Å². The minimum Gasteiger partial charge on any atom is -0.429 e. The number of alkyl halides is 2. The molecule has 0 radical (unpaired) electrons. The molecule has 0 atom stereocenters. The van der Waals surface area contributed by atoms with E-state index in [4.69, 9.17) is 0 Å². The molecule has 0 bridgehead atoms. The monoisotopic (exact) mass is 658 g/mol. The van der Waals surface area contributed by atoms with Crippen LogP contribution in [-0.4, -0.2) is 6.11 Å². The third-order valence-corrected chi connectivity index (χ3v) is 8.79. The molecule has 0 spiro atoms. The van der Waals surface area contributed by atoms with E-state index in [0.717, 1.165) is 43.0 Å². The van der Waals surface area contributed by atoms with Crippen molar-refractivity contribution in [3.63, 3.8) is 0 Å². The van der Waals surface area contributed by atoms with E-state index in [9.17, 15) is 35.1 Å². The molecular weight excluding hydrogens is 624 g/mol. The zero-order valence-corrected chi connectivity index (χ0v) is 25.7. The fraction of sp³-hybridized carbons (Fsp3) is 0.316. The summed E-state index contributed by atoms with van der Waals surface area (Å²) in [6.45, 7) is 2.21. The Bertz CT molecular complexity index is 1680. The van der Waals surface area contributed by atoms with E-state index in [1.54, 1.807) is 0 Å². The molecule has 1 aliphatic rings. The van der Waals surface area contributed by atoms with E-state index in [1.165, 1.54) is 44.1 Å². The van der Waals surface area contributed by atoms with Crippen LogP contribution in [-0.2, 0) is 0 Å². The molecule has 4 aromatic carbocycles. The van der Waals surface area contributed by atoms with Crippen LogP contribution in [0, 0.1) is 40.8 Å². The van der Waals surface area contributed by atoms with Gasteiger partial charge in [-0.25, -0.2) is 26.3 Å². The Morgan fingerprint density at radius 1 is 0.681 bits per heavy atom. The van der Waals surface area contributed by atoms with Gasteiger partial charge in [0.25, 0.3) is 0 Å². The molecule has 0 N–H and O–H groups in total. The van der Waals surface area contributed by atoms with Gasteiger partial charge in [-0.1, -0.05) is 56.9 Å². The highest BCUT2D eigenvalue weighted by molar-refractivity contribution is 5.67. The molecule has 1 fully saturated rings. The molecule has 0 saturated heterocycles. The highest BCUT2D eigenvalue weighted by Crippen LogP contribution is 2.39. The largest absolute Gasteiger partial charge is 0.429 e. The minimum atomic E-state index is -4.12. The van der Waals surface area contributed by atoms with Crippen LogP contribution < -0.4 is 4.74 Å². The van der Waals surface area contributed by atoms with Crippen molar-refractivity contribution in [3.05, 3.63) is 119 Å². The van der Waals surface area contributed by atoms with Crippen molar-refractivity contribution in [1.29, 1.82) is 0 Å². The van der Waals surface area contributed by atoms with Crippen LogP contribution in [0.1, 0.15) is 75.3 Å². The Morgan fingerprint density at radius 3 is 1.89 bits per heavy atom. The average molecular weight is 659 g/mol. The van der Waals surface area contributed by atoms with Crippen LogP contribution in [0.2, 0.25) is 0 Å². The average Bonchev–Trinajstić information content (AvgIpc) is 3.03. The van der Waals surface area contributed by atoms with Gasteiger partial charge in [0, 0.05) is 23.3 Å². The van der Waals surface area contributed by atoms with Crippen LogP contribution in [0.25, 0.3) is 28.3 Å². The van der Waals surface area contributed by atoms with Gasteiger partial charge in [0.15, 0.2) is 17.5 Å². The van der Waals surface area contributed by atoms with Gasteiger partial charge >= 0.3 is 6.11 Å². The van der Waals surface area contributed by atoms with Crippen LogP contribution in [0.15, 0.2) is 72.8 Å². The van der Waals surface area contributed by atoms with Gasteiger partial charge in [-0.2, -0.15) is 8.78 Å². The van der Waals surface area contributed by atoms with Crippen LogP contribution >= 0.6 is 0 Å². The number of ether oxygens (including phenoxy) is 1. The second-order valence-corrected chi connectivity index (χ2v) is 12.1. The quantitative estimate of drug-likeness (QED) is 0.0885. The summed E-state index contributed by atoms with van der Waals surface area (Å²) in [4.78, 5) is 0. The van der Waals surface area contributed by atoms with Gasteiger partial charge in [0.05, 0.1) is 0 Å². The van der Waals surface area contributed by atoms with Gasteiger partial charge in [-0.05, 0) is 102 Å². The van der Waals surface area contributed by atoms with Crippen LogP contribution in [0.3, 0.4) is 0 Å². The van der Waals surface area contributed by atoms with E-state index < -0.39 is 57.9 Å². The van der Waals surface area contributed by atoms with Crippen molar-refractivity contribution in [1.82, 2.24) is 0 Å². The molecule has 1 nitrogen and oxygen atoms in total. The Hall–Kier alpha value is -4.14. The number of halogens is 8. The van der Waals surface area contributed by atoms with Crippen LogP contribution in [0.4, 0.5) is 35.1 Å². The van der Waals surface area contributed by atoms with Crippen molar-refractivity contribution >= 4 is 6.08 Å². The lowest BCUT2D eigenvalue weighted by Crippen LogP contribution is -2.21. The predicted octanol–water partition coefficient (Wildman–Crippen LogP) is 12.4. The summed E-state index contributed by atoms with van der Waals surface area (Å²) in [5.41, 5.74) is 0.553. The molecule has 9 heteroatoms. The molecule has 0 heterocycles. The number of benzene rings is 4. The first kappa shape index (κ1) is 34.2. The van der Waals surface area contributed by atoms with Crippen molar-refractivity contribution in [3.8, 4) is 28.0 Å². The molecule has 5 rings (SSSR count). The zero-order valence-electron chi connectivity index (χ0n) is 25.7. The Balaban J connectivity index is 1.23. The third-order valence-electron chi connectivity index (χ3n) is 8.79. The van der Waals surface area contributed by atoms with E-state index in [0.29, 0.717) is 35.8 Å². The molecule has 0 aliphatic heterocycles. The van der Waals surface area contributed by atoms with Gasteiger partial charge in [0.2, 0.25) is 0 Å². The van der Waals surface area contributed by atoms with Crippen molar-refractivity contribution in [2.75, 3.05) is 0 Å². The topological polar surface area (TPSA) is 9.23 Å². The lowest BCUT2D eigenvalue weighted by atomic mass is 9.77. The minimum absolute atomic E-state index is 0.123. The summed E-state index contributed by atoms with van der Waals surface area (Å²) in [5.74, 6) is -7.59. The highest BCUT2D eigenvalue weighted by atomic mass is 19.3. The second kappa shape index (κ2) is 14.7. The number of hydrogen-bond donors (Lipinski definition) is 0. The van der Waals surface area contributed by atoms with Crippen molar-refractivity contribution in [2.24, 2.45) is 5.92 Å².